The summed E-state index contributed by atoms with van der Waals surface area (Å²) >= 11 is 0. The van der Waals surface area contributed by atoms with E-state index in [0.29, 0.717) is 37.0 Å². The average molecular weight is 633 g/mol. The Morgan fingerprint density at radius 1 is 0.822 bits per heavy atom. The number of hydrogen-bond acceptors (Lipinski definition) is 8. The highest BCUT2D eigenvalue weighted by Gasteiger charge is 2.60. The quantitative estimate of drug-likeness (QED) is 0.117. The van der Waals surface area contributed by atoms with Gasteiger partial charge in [-0.05, 0) is 114 Å². The van der Waals surface area contributed by atoms with Crippen LogP contribution < -0.4 is 0 Å². The first-order valence-electron chi connectivity index (χ1n) is 17.7. The molecule has 0 heterocycles. The van der Waals surface area contributed by atoms with Gasteiger partial charge in [-0.25, -0.2) is 4.79 Å². The fourth-order valence-corrected chi connectivity index (χ4v) is 9.78. The first kappa shape index (κ1) is 35.7. The van der Waals surface area contributed by atoms with Gasteiger partial charge < -0.3 is 18.9 Å². The molecule has 0 aromatic carbocycles. The molecule has 5 unspecified atom stereocenters. The van der Waals surface area contributed by atoms with Gasteiger partial charge in [-0.1, -0.05) is 47.5 Å². The van der Waals surface area contributed by atoms with Crippen LogP contribution in [-0.4, -0.2) is 49.3 Å². The normalized spacial score (nSPS) is 31.9. The highest BCUT2D eigenvalue weighted by Crippen LogP contribution is 2.66. The van der Waals surface area contributed by atoms with Crippen molar-refractivity contribution in [1.29, 1.82) is 0 Å². The largest absolute Gasteiger partial charge is 0.462 e. The molecular weight excluding hydrogens is 572 g/mol. The van der Waals surface area contributed by atoms with E-state index in [1.807, 2.05) is 27.7 Å². The number of esters is 4. The Morgan fingerprint density at radius 3 is 1.93 bits per heavy atom. The molecule has 0 aromatic heterocycles. The molecule has 5 atom stereocenters. The number of fused-ring (bicyclic) bond motifs is 1. The van der Waals surface area contributed by atoms with Gasteiger partial charge in [0, 0.05) is 5.41 Å². The van der Waals surface area contributed by atoms with Crippen LogP contribution in [0.25, 0.3) is 0 Å². The fraction of sp³-hybridized carbons (Fsp3) is 0.892. The second-order valence-corrected chi connectivity index (χ2v) is 16.9. The molecule has 0 spiro atoms. The third-order valence-electron chi connectivity index (χ3n) is 12.2. The molecule has 0 N–H and O–H groups in total. The summed E-state index contributed by atoms with van der Waals surface area (Å²) in [5.41, 5.74) is -1.12. The summed E-state index contributed by atoms with van der Waals surface area (Å²) in [5, 5.41) is 0. The van der Waals surface area contributed by atoms with Gasteiger partial charge in [0.2, 0.25) is 0 Å². The van der Waals surface area contributed by atoms with E-state index in [1.54, 1.807) is 0 Å². The van der Waals surface area contributed by atoms with Crippen LogP contribution in [0.2, 0.25) is 0 Å². The van der Waals surface area contributed by atoms with Crippen LogP contribution in [0.5, 0.6) is 0 Å². The monoisotopic (exact) mass is 632 g/mol. The number of carbonyl (C=O) groups excluding carboxylic acids is 4. The molecule has 5 saturated carbocycles. The van der Waals surface area contributed by atoms with E-state index < -0.39 is 47.4 Å². The molecule has 0 aliphatic heterocycles. The first-order valence-corrected chi connectivity index (χ1v) is 17.7. The molecule has 4 bridgehead atoms. The van der Waals surface area contributed by atoms with Crippen LogP contribution in [0.4, 0.5) is 0 Å². The van der Waals surface area contributed by atoms with E-state index in [-0.39, 0.29) is 30.0 Å². The fourth-order valence-electron chi connectivity index (χ4n) is 9.78. The smallest absolute Gasteiger partial charge is 0.344 e. The van der Waals surface area contributed by atoms with Gasteiger partial charge >= 0.3 is 23.9 Å². The summed E-state index contributed by atoms with van der Waals surface area (Å²) in [6.07, 6.45) is 11.1. The number of carbonyl (C=O) groups is 4. The van der Waals surface area contributed by atoms with E-state index in [4.69, 9.17) is 18.9 Å². The molecule has 45 heavy (non-hydrogen) atoms. The van der Waals surface area contributed by atoms with Crippen LogP contribution in [-0.2, 0) is 38.1 Å². The molecule has 5 fully saturated rings. The summed E-state index contributed by atoms with van der Waals surface area (Å²) in [6.45, 7) is 16.3. The Morgan fingerprint density at radius 2 is 1.38 bits per heavy atom. The molecule has 256 valence electrons. The lowest BCUT2D eigenvalue weighted by Crippen LogP contribution is -2.52. The minimum absolute atomic E-state index is 0.0253. The number of hydrogen-bond donors (Lipinski definition) is 0. The third kappa shape index (κ3) is 8.06. The Kier molecular flexibility index (Phi) is 11.1. The summed E-state index contributed by atoms with van der Waals surface area (Å²) in [7, 11) is 0. The van der Waals surface area contributed by atoms with Crippen molar-refractivity contribution in [2.75, 3.05) is 19.8 Å². The molecule has 5 aliphatic rings. The topological polar surface area (TPSA) is 105 Å². The van der Waals surface area contributed by atoms with Crippen LogP contribution in [0.15, 0.2) is 0 Å². The summed E-state index contributed by atoms with van der Waals surface area (Å²) in [4.78, 5) is 52.0. The summed E-state index contributed by atoms with van der Waals surface area (Å²) in [6, 6.07) is 0. The van der Waals surface area contributed by atoms with Gasteiger partial charge in [-0.3, -0.25) is 14.4 Å². The van der Waals surface area contributed by atoms with Crippen LogP contribution in [0.1, 0.15) is 132 Å². The third-order valence-corrected chi connectivity index (χ3v) is 12.2. The van der Waals surface area contributed by atoms with Crippen molar-refractivity contribution in [2.24, 2.45) is 51.8 Å². The van der Waals surface area contributed by atoms with Gasteiger partial charge in [0.25, 0.3) is 0 Å². The zero-order valence-electron chi connectivity index (χ0n) is 29.3. The highest BCUT2D eigenvalue weighted by molar-refractivity contribution is 5.84. The molecule has 0 amide bonds. The lowest BCUT2D eigenvalue weighted by molar-refractivity contribution is -0.189. The molecule has 8 heteroatoms. The van der Waals surface area contributed by atoms with E-state index in [0.717, 1.165) is 44.4 Å². The van der Waals surface area contributed by atoms with Gasteiger partial charge in [0.05, 0.1) is 17.3 Å². The van der Waals surface area contributed by atoms with Crippen molar-refractivity contribution in [2.45, 2.75) is 138 Å². The minimum Gasteiger partial charge on any atom is -0.462 e. The predicted molar refractivity (Wildman–Crippen MR) is 171 cm³/mol. The second-order valence-electron chi connectivity index (χ2n) is 16.9. The van der Waals surface area contributed by atoms with Gasteiger partial charge in [0.1, 0.15) is 18.8 Å². The maximum atomic E-state index is 13.2. The van der Waals surface area contributed by atoms with Crippen molar-refractivity contribution >= 4 is 23.9 Å². The van der Waals surface area contributed by atoms with Crippen LogP contribution in [0.3, 0.4) is 0 Å². The summed E-state index contributed by atoms with van der Waals surface area (Å²) < 4.78 is 22.6. The van der Waals surface area contributed by atoms with E-state index in [1.165, 1.54) is 19.3 Å². The number of ether oxygens (including phenoxy) is 4. The van der Waals surface area contributed by atoms with Gasteiger partial charge in [-0.2, -0.15) is 0 Å². The van der Waals surface area contributed by atoms with E-state index in [9.17, 15) is 19.2 Å². The Labute approximate surface area is 271 Å². The Hall–Kier alpha value is -2.12. The van der Waals surface area contributed by atoms with Gasteiger partial charge in [0.15, 0.2) is 6.61 Å². The molecule has 0 saturated heterocycles. The van der Waals surface area contributed by atoms with E-state index >= 15 is 0 Å². The Balaban J connectivity index is 1.27. The lowest BCUT2D eigenvalue weighted by atomic mass is 9.56. The summed E-state index contributed by atoms with van der Waals surface area (Å²) in [5.74, 6) is -0.711. The first-order chi connectivity index (χ1) is 21.0. The van der Waals surface area contributed by atoms with Crippen molar-refractivity contribution in [3.05, 3.63) is 0 Å². The molecule has 5 aliphatic carbocycles. The zero-order chi connectivity index (χ0) is 33.2. The minimum atomic E-state index is -0.673. The molecule has 0 radical (unpaired) electrons. The predicted octanol–water partition coefficient (Wildman–Crippen LogP) is 7.45. The second kappa shape index (κ2) is 13.9. The van der Waals surface area contributed by atoms with E-state index in [2.05, 4.69) is 27.7 Å². The van der Waals surface area contributed by atoms with Crippen LogP contribution in [0, 0.1) is 51.8 Å². The lowest BCUT2D eigenvalue weighted by Gasteiger charge is -2.52. The van der Waals surface area contributed by atoms with Crippen LogP contribution >= 0.6 is 0 Å². The maximum Gasteiger partial charge on any atom is 0.344 e. The van der Waals surface area contributed by atoms with Crippen molar-refractivity contribution in [1.82, 2.24) is 0 Å². The molecule has 5 rings (SSSR count). The van der Waals surface area contributed by atoms with Crippen molar-refractivity contribution in [3.63, 3.8) is 0 Å². The number of rotatable bonds is 13. The van der Waals surface area contributed by atoms with Crippen molar-refractivity contribution in [3.8, 4) is 0 Å². The average Bonchev–Trinajstić information content (AvgIpc) is 3.09. The maximum absolute atomic E-state index is 13.2. The van der Waals surface area contributed by atoms with Crippen molar-refractivity contribution < 1.29 is 38.1 Å². The SMILES string of the molecule is CCC(C)(CC(C)C)C(=O)OCCOC(=O)C1CCCCC1C(=O)OCC(=O)OC(C)(C)C12CC3CC(CC(C3)C(C)(C)C1)C2. The molecule has 0 aromatic rings. The molecule has 8 nitrogen and oxygen atoms in total. The van der Waals surface area contributed by atoms with Gasteiger partial charge in [-0.15, -0.1) is 0 Å². The highest BCUT2D eigenvalue weighted by atomic mass is 16.6. The molecular formula is C37H60O8. The zero-order valence-corrected chi connectivity index (χ0v) is 29.3. The standard InChI is InChI=1S/C37H60O8/c1-9-36(8,19-24(2)3)33(41)43-15-14-42-31(39)28-12-10-11-13-29(28)32(40)44-22-30(38)45-35(6,7)37-20-25-16-26(21-37)18-27(17-25)34(4,5)23-37/h24-29H,9-23H2,1-8H3. The Bertz CT molecular complexity index is 1080.